The van der Waals surface area contributed by atoms with Crippen LogP contribution in [-0.4, -0.2) is 30.7 Å². The molecule has 7 heteroatoms. The van der Waals surface area contributed by atoms with Gasteiger partial charge >= 0.3 is 10.4 Å². The summed E-state index contributed by atoms with van der Waals surface area (Å²) in [5.74, 6) is 0. The Morgan fingerprint density at radius 1 is 1.31 bits per heavy atom. The summed E-state index contributed by atoms with van der Waals surface area (Å²) >= 11 is 0. The molecule has 0 aliphatic heterocycles. The third kappa shape index (κ3) is 6.43. The van der Waals surface area contributed by atoms with E-state index in [1.54, 1.807) is 0 Å². The van der Waals surface area contributed by atoms with Gasteiger partial charge in [0, 0.05) is 0 Å². The van der Waals surface area contributed by atoms with Crippen LogP contribution in [-0.2, 0) is 19.3 Å². The van der Waals surface area contributed by atoms with E-state index in [4.69, 9.17) is 9.66 Å². The van der Waals surface area contributed by atoms with Crippen LogP contribution in [0.25, 0.3) is 0 Å². The molecule has 0 heterocycles. The van der Waals surface area contributed by atoms with E-state index in [0.29, 0.717) is 0 Å². The van der Waals surface area contributed by atoms with Gasteiger partial charge in [-0.05, 0) is 12.2 Å². The van der Waals surface area contributed by atoms with E-state index in [1.807, 2.05) is 0 Å². The first-order valence-electron chi connectivity index (χ1n) is 3.13. The molecule has 0 bridgehead atoms. The molecular formula is C6H10O6S. The standard InChI is InChI=1S/C6H10O6S/c1-3-5(7)11-6(4-2)12-13(8,9)10/h3-7H,1-2H2,(H,8,9,10). The van der Waals surface area contributed by atoms with Crippen molar-refractivity contribution in [2.75, 3.05) is 0 Å². The summed E-state index contributed by atoms with van der Waals surface area (Å²) in [6, 6.07) is 0. The molecule has 0 amide bonds. The lowest BCUT2D eigenvalue weighted by Crippen LogP contribution is -2.23. The van der Waals surface area contributed by atoms with Gasteiger partial charge in [-0.3, -0.25) is 4.55 Å². The van der Waals surface area contributed by atoms with Crippen molar-refractivity contribution in [1.82, 2.24) is 0 Å². The van der Waals surface area contributed by atoms with E-state index in [2.05, 4.69) is 22.1 Å². The maximum atomic E-state index is 10.2. The predicted octanol–water partition coefficient (Wildman–Crippen LogP) is -0.161. The normalized spacial score (nSPS) is 16.2. The minimum atomic E-state index is -4.63. The number of aliphatic hydroxyl groups is 1. The second-order valence-corrected chi connectivity index (χ2v) is 2.94. The second-order valence-electron chi connectivity index (χ2n) is 1.89. The van der Waals surface area contributed by atoms with Crippen LogP contribution >= 0.6 is 0 Å². The average molecular weight is 210 g/mol. The quantitative estimate of drug-likeness (QED) is 0.359. The summed E-state index contributed by atoms with van der Waals surface area (Å²) in [6.07, 6.45) is -0.905. The van der Waals surface area contributed by atoms with Crippen LogP contribution in [0.3, 0.4) is 0 Å². The van der Waals surface area contributed by atoms with Gasteiger partial charge in [0.1, 0.15) is 0 Å². The molecule has 0 aromatic heterocycles. The van der Waals surface area contributed by atoms with Crippen LogP contribution < -0.4 is 0 Å². The lowest BCUT2D eigenvalue weighted by atomic mass is 10.6. The van der Waals surface area contributed by atoms with Crippen LogP contribution in [0, 0.1) is 0 Å². The van der Waals surface area contributed by atoms with Gasteiger partial charge in [-0.1, -0.05) is 13.2 Å². The molecule has 2 atom stereocenters. The van der Waals surface area contributed by atoms with E-state index in [1.165, 1.54) is 0 Å². The SMILES string of the molecule is C=CC(O)OC(C=C)OS(=O)(=O)O. The molecule has 0 saturated heterocycles. The highest BCUT2D eigenvalue weighted by atomic mass is 32.3. The molecular weight excluding hydrogens is 200 g/mol. The average Bonchev–Trinajstić information content (AvgIpc) is 2.00. The summed E-state index contributed by atoms with van der Waals surface area (Å²) in [6.45, 7) is 6.33. The summed E-state index contributed by atoms with van der Waals surface area (Å²) in [5.41, 5.74) is 0. The van der Waals surface area contributed by atoms with E-state index in [9.17, 15) is 8.42 Å². The molecule has 0 fully saturated rings. The molecule has 2 N–H and O–H groups in total. The number of ether oxygens (including phenoxy) is 1. The minimum absolute atomic E-state index is 0.945. The van der Waals surface area contributed by atoms with Crippen molar-refractivity contribution in [2.45, 2.75) is 12.6 Å². The Labute approximate surface area is 76.0 Å². The number of hydrogen-bond donors (Lipinski definition) is 2. The van der Waals surface area contributed by atoms with Crippen molar-refractivity contribution in [3.05, 3.63) is 25.3 Å². The van der Waals surface area contributed by atoms with Crippen molar-refractivity contribution in [2.24, 2.45) is 0 Å². The van der Waals surface area contributed by atoms with Crippen molar-refractivity contribution in [3.8, 4) is 0 Å². The number of aliphatic hydroxyl groups excluding tert-OH is 1. The van der Waals surface area contributed by atoms with Crippen LogP contribution in [0.4, 0.5) is 0 Å². The van der Waals surface area contributed by atoms with Crippen molar-refractivity contribution in [1.29, 1.82) is 0 Å². The highest BCUT2D eigenvalue weighted by Crippen LogP contribution is 2.03. The fourth-order valence-corrected chi connectivity index (χ4v) is 0.794. The van der Waals surface area contributed by atoms with Crippen LogP contribution in [0.2, 0.25) is 0 Å². The van der Waals surface area contributed by atoms with Gasteiger partial charge in [0.05, 0.1) is 0 Å². The second kappa shape index (κ2) is 5.10. The first-order chi connectivity index (χ1) is 5.89. The van der Waals surface area contributed by atoms with Crippen LogP contribution in [0.5, 0.6) is 0 Å². The highest BCUT2D eigenvalue weighted by molar-refractivity contribution is 7.80. The Morgan fingerprint density at radius 3 is 2.15 bits per heavy atom. The van der Waals surface area contributed by atoms with Crippen LogP contribution in [0.15, 0.2) is 25.3 Å². The molecule has 0 aromatic carbocycles. The summed E-state index contributed by atoms with van der Waals surface area (Å²) < 4.78 is 37.0. The van der Waals surface area contributed by atoms with Crippen LogP contribution in [0.1, 0.15) is 0 Å². The monoisotopic (exact) mass is 210 g/mol. The molecule has 0 aliphatic carbocycles. The van der Waals surface area contributed by atoms with E-state index >= 15 is 0 Å². The number of hydrogen-bond acceptors (Lipinski definition) is 5. The first kappa shape index (κ1) is 12.3. The Hall–Kier alpha value is -0.730. The topological polar surface area (TPSA) is 93.1 Å². The highest BCUT2D eigenvalue weighted by Gasteiger charge is 2.16. The molecule has 0 aromatic rings. The molecule has 0 saturated carbocycles. The summed E-state index contributed by atoms with van der Waals surface area (Å²) in [4.78, 5) is 0. The van der Waals surface area contributed by atoms with Crippen molar-refractivity contribution < 1.29 is 27.0 Å². The minimum Gasteiger partial charge on any atom is -0.365 e. The Bertz CT molecular complexity index is 269. The lowest BCUT2D eigenvalue weighted by molar-refractivity contribution is -0.152. The summed E-state index contributed by atoms with van der Waals surface area (Å²) in [7, 11) is -4.63. The van der Waals surface area contributed by atoms with E-state index in [-0.39, 0.29) is 0 Å². The molecule has 0 aliphatic rings. The largest absolute Gasteiger partial charge is 0.400 e. The zero-order chi connectivity index (χ0) is 10.5. The third-order valence-corrected chi connectivity index (χ3v) is 1.32. The van der Waals surface area contributed by atoms with Gasteiger partial charge in [0.15, 0.2) is 12.6 Å². The van der Waals surface area contributed by atoms with Gasteiger partial charge in [-0.25, -0.2) is 4.18 Å². The van der Waals surface area contributed by atoms with Crippen molar-refractivity contribution >= 4 is 10.4 Å². The Kier molecular flexibility index (Phi) is 4.81. The molecule has 76 valence electrons. The molecule has 2 unspecified atom stereocenters. The van der Waals surface area contributed by atoms with Gasteiger partial charge < -0.3 is 9.84 Å². The third-order valence-electron chi connectivity index (χ3n) is 0.884. The zero-order valence-corrected chi connectivity index (χ0v) is 7.48. The molecule has 0 rings (SSSR count). The molecule has 6 nitrogen and oxygen atoms in total. The lowest BCUT2D eigenvalue weighted by Gasteiger charge is -2.14. The first-order valence-corrected chi connectivity index (χ1v) is 4.50. The number of rotatable bonds is 6. The molecule has 13 heavy (non-hydrogen) atoms. The van der Waals surface area contributed by atoms with Gasteiger partial charge in [0.25, 0.3) is 0 Å². The predicted molar refractivity (Wildman–Crippen MR) is 43.9 cm³/mol. The zero-order valence-electron chi connectivity index (χ0n) is 6.66. The maximum Gasteiger partial charge on any atom is 0.400 e. The van der Waals surface area contributed by atoms with Gasteiger partial charge in [-0.15, -0.1) is 0 Å². The van der Waals surface area contributed by atoms with Crippen molar-refractivity contribution in [3.63, 3.8) is 0 Å². The fraction of sp³-hybridized carbons (Fsp3) is 0.333. The summed E-state index contributed by atoms with van der Waals surface area (Å²) in [5, 5.41) is 8.81. The smallest absolute Gasteiger partial charge is 0.365 e. The maximum absolute atomic E-state index is 10.2. The van der Waals surface area contributed by atoms with E-state index in [0.717, 1.165) is 12.2 Å². The Balaban J connectivity index is 4.20. The fourth-order valence-electron chi connectivity index (χ4n) is 0.430. The van der Waals surface area contributed by atoms with Gasteiger partial charge in [0.2, 0.25) is 0 Å². The van der Waals surface area contributed by atoms with Gasteiger partial charge in [-0.2, -0.15) is 8.42 Å². The molecule has 0 spiro atoms. The Morgan fingerprint density at radius 2 is 1.85 bits per heavy atom. The molecule has 0 radical (unpaired) electrons. The van der Waals surface area contributed by atoms with E-state index < -0.39 is 23.0 Å².